The molecule has 250 valence electrons. The summed E-state index contributed by atoms with van der Waals surface area (Å²) in [5.41, 5.74) is 6.83. The van der Waals surface area contributed by atoms with Crippen LogP contribution in [0.15, 0.2) is 24.3 Å². The highest BCUT2D eigenvalue weighted by atomic mass is 19.4. The highest BCUT2D eigenvalue weighted by molar-refractivity contribution is 5.58. The van der Waals surface area contributed by atoms with Crippen molar-refractivity contribution >= 4 is 11.4 Å². The highest BCUT2D eigenvalue weighted by Gasteiger charge is 2.90. The van der Waals surface area contributed by atoms with E-state index in [1.807, 2.05) is 0 Å². The van der Waals surface area contributed by atoms with Crippen LogP contribution < -0.4 is 11.5 Å². The third-order valence-corrected chi connectivity index (χ3v) is 7.76. The maximum atomic E-state index is 15.2. The van der Waals surface area contributed by atoms with Crippen LogP contribution in [-0.2, 0) is 37.5 Å². The van der Waals surface area contributed by atoms with Gasteiger partial charge < -0.3 is 11.5 Å². The number of anilines is 2. The van der Waals surface area contributed by atoms with Crippen LogP contribution in [0, 0.1) is 0 Å². The molecule has 0 spiro atoms. The number of unbranched alkanes of at least 4 members (excludes halogenated alkanes) is 2. The molecule has 44 heavy (non-hydrogen) atoms. The number of aryl methyl sites for hydroxylation is 4. The minimum Gasteiger partial charge on any atom is -0.398 e. The molecule has 0 radical (unpaired) electrons. The van der Waals surface area contributed by atoms with Gasteiger partial charge in [-0.15, -0.1) is 0 Å². The predicted octanol–water partition coefficient (Wildman–Crippen LogP) is 10.1. The lowest BCUT2D eigenvalue weighted by Gasteiger charge is -2.41. The summed E-state index contributed by atoms with van der Waals surface area (Å²) in [6.07, 6.45) is 1.03. The van der Waals surface area contributed by atoms with Crippen molar-refractivity contribution in [3.8, 4) is 0 Å². The Kier molecular flexibility index (Phi) is 11.0. The van der Waals surface area contributed by atoms with Gasteiger partial charge in [-0.1, -0.05) is 40.5 Å². The van der Waals surface area contributed by atoms with Crippen molar-refractivity contribution in [2.75, 3.05) is 11.5 Å². The Bertz CT molecular complexity index is 1210. The molecule has 0 aromatic heterocycles. The first-order chi connectivity index (χ1) is 20.0. The molecule has 0 bridgehead atoms. The van der Waals surface area contributed by atoms with Crippen molar-refractivity contribution in [2.24, 2.45) is 0 Å². The number of hydrogen-bond donors (Lipinski definition) is 2. The lowest BCUT2D eigenvalue weighted by molar-refractivity contribution is -0.429. The lowest BCUT2D eigenvalue weighted by atomic mass is 9.85. The normalized spacial score (nSPS) is 13.9. The monoisotopic (exact) mass is 652 g/mol. The van der Waals surface area contributed by atoms with Gasteiger partial charge in [0.1, 0.15) is 0 Å². The van der Waals surface area contributed by atoms with E-state index < -0.39 is 46.7 Å². The predicted molar refractivity (Wildman–Crippen MR) is 145 cm³/mol. The Morgan fingerprint density at radius 1 is 0.455 bits per heavy atom. The highest BCUT2D eigenvalue weighted by Crippen LogP contribution is 2.63. The zero-order valence-electron chi connectivity index (χ0n) is 24.7. The van der Waals surface area contributed by atoms with E-state index in [1.54, 1.807) is 13.8 Å². The number of hydrogen-bond acceptors (Lipinski definition) is 2. The Morgan fingerprint density at radius 2 is 0.727 bits per heavy atom. The van der Waals surface area contributed by atoms with Crippen LogP contribution in [0.25, 0.3) is 0 Å². The van der Waals surface area contributed by atoms with Gasteiger partial charge in [0.2, 0.25) is 0 Å². The first kappa shape index (κ1) is 37.4. The summed E-state index contributed by atoms with van der Waals surface area (Å²) in [5, 5.41) is 0. The molecule has 2 rings (SSSR count). The van der Waals surface area contributed by atoms with Gasteiger partial charge in [0.25, 0.3) is 0 Å². The number of benzene rings is 2. The van der Waals surface area contributed by atoms with E-state index in [-0.39, 0.29) is 71.4 Å². The summed E-state index contributed by atoms with van der Waals surface area (Å²) in [5.74, 6) is -42.4. The molecule has 0 aliphatic rings. The summed E-state index contributed by atoms with van der Waals surface area (Å²) < 4.78 is 180. The van der Waals surface area contributed by atoms with Crippen molar-refractivity contribution in [3.63, 3.8) is 0 Å². The molecule has 0 unspecified atom stereocenters. The summed E-state index contributed by atoms with van der Waals surface area (Å²) in [6, 6.07) is 1.16. The molecule has 0 atom stereocenters. The smallest absolute Gasteiger partial charge is 0.385 e. The van der Waals surface area contributed by atoms with Crippen molar-refractivity contribution < 1.29 is 52.7 Å². The molecule has 0 saturated carbocycles. The van der Waals surface area contributed by atoms with Crippen molar-refractivity contribution in [1.82, 2.24) is 0 Å². The van der Waals surface area contributed by atoms with Crippen molar-refractivity contribution in [3.05, 3.63) is 57.6 Å². The number of nitrogens with two attached hydrogens (primary N) is 2. The fourth-order valence-electron chi connectivity index (χ4n) is 4.80. The van der Waals surface area contributed by atoms with Crippen molar-refractivity contribution in [2.45, 2.75) is 115 Å². The Balaban J connectivity index is 2.72. The molecule has 0 saturated heterocycles. The molecule has 0 aliphatic heterocycles. The minimum absolute atomic E-state index is 0.0801. The lowest BCUT2D eigenvalue weighted by Crippen LogP contribution is -2.69. The van der Waals surface area contributed by atoms with Gasteiger partial charge in [0.15, 0.2) is 0 Å². The maximum Gasteiger partial charge on any atom is 0.385 e. The van der Waals surface area contributed by atoms with Crippen LogP contribution in [0.1, 0.15) is 86.8 Å². The average Bonchev–Trinajstić information content (AvgIpc) is 2.95. The summed E-state index contributed by atoms with van der Waals surface area (Å²) in [7, 11) is 0. The Morgan fingerprint density at radius 3 is 0.977 bits per heavy atom. The van der Waals surface area contributed by atoms with Gasteiger partial charge in [0.05, 0.1) is 0 Å². The molecule has 2 nitrogen and oxygen atoms in total. The average molecular weight is 653 g/mol. The van der Waals surface area contributed by atoms with E-state index >= 15 is 17.6 Å². The molecule has 2 aromatic carbocycles. The van der Waals surface area contributed by atoms with Crippen LogP contribution in [0.3, 0.4) is 0 Å². The Labute approximate surface area is 248 Å². The maximum absolute atomic E-state index is 15.2. The van der Waals surface area contributed by atoms with E-state index in [0.717, 1.165) is 0 Å². The molecule has 0 aliphatic carbocycles. The number of rotatable bonds is 15. The molecule has 0 amide bonds. The largest absolute Gasteiger partial charge is 0.398 e. The van der Waals surface area contributed by atoms with E-state index in [9.17, 15) is 35.1 Å². The van der Waals surface area contributed by atoms with Gasteiger partial charge in [0, 0.05) is 22.5 Å². The molecule has 14 heteroatoms. The van der Waals surface area contributed by atoms with E-state index in [0.29, 0.717) is 37.8 Å². The Hall–Kier alpha value is -2.80. The number of alkyl halides is 12. The molecule has 4 N–H and O–H groups in total. The van der Waals surface area contributed by atoms with Crippen LogP contribution in [0.5, 0.6) is 0 Å². The van der Waals surface area contributed by atoms with Gasteiger partial charge in [-0.2, -0.15) is 52.7 Å². The summed E-state index contributed by atoms with van der Waals surface area (Å²) >= 11 is 0. The molecule has 2 aromatic rings. The number of halogens is 12. The third kappa shape index (κ3) is 5.93. The van der Waals surface area contributed by atoms with E-state index in [4.69, 9.17) is 11.5 Å². The minimum atomic E-state index is -7.69. The zero-order chi connectivity index (χ0) is 34.1. The second kappa shape index (κ2) is 12.9. The molecular weight excluding hydrogens is 616 g/mol. The quantitative estimate of drug-likeness (QED) is 0.149. The third-order valence-electron chi connectivity index (χ3n) is 7.76. The van der Waals surface area contributed by atoms with Gasteiger partial charge in [-0.25, -0.2) is 0 Å². The molecule has 0 fully saturated rings. The van der Waals surface area contributed by atoms with E-state index in [2.05, 4.69) is 0 Å². The van der Waals surface area contributed by atoms with Gasteiger partial charge >= 0.3 is 35.5 Å². The van der Waals surface area contributed by atoms with Crippen LogP contribution in [-0.4, -0.2) is 23.7 Å². The summed E-state index contributed by atoms with van der Waals surface area (Å²) in [4.78, 5) is 0. The fourth-order valence-corrected chi connectivity index (χ4v) is 4.80. The van der Waals surface area contributed by atoms with E-state index in [1.165, 1.54) is 13.8 Å². The molecule has 0 heterocycles. The molecular formula is C30H36F12N2. The first-order valence-electron chi connectivity index (χ1n) is 14.1. The summed E-state index contributed by atoms with van der Waals surface area (Å²) in [6.45, 7) is 6.08. The standard InChI is InChI=1S/C30H36F12N2/c1-5-9-11-19-15-21(13-17(7-3)23(19)43)25(31,32)27(35,36)29(39,40)30(41,42)28(37,38)26(33,34)22-14-18(8-4)24(44)20(16-22)12-10-6-2/h13-16H,5-12,43-44H2,1-4H3. The second-order valence-electron chi connectivity index (χ2n) is 10.8. The number of nitrogen functional groups attached to an aromatic ring is 2. The fraction of sp³-hybridized carbons (Fsp3) is 0.600. The zero-order valence-corrected chi connectivity index (χ0v) is 24.7. The topological polar surface area (TPSA) is 52.0 Å². The SMILES string of the molecule is CCCCc1cc(C(F)(F)C(F)(F)C(F)(F)C(F)(F)C(F)(F)C(F)(F)c2cc(CC)c(N)c(CCCC)c2)cc(CC)c1N. The van der Waals surface area contributed by atoms with Gasteiger partial charge in [-0.05, 0) is 85.0 Å². The first-order valence-corrected chi connectivity index (χ1v) is 14.1. The van der Waals surface area contributed by atoms with Crippen LogP contribution >= 0.6 is 0 Å². The van der Waals surface area contributed by atoms with Crippen molar-refractivity contribution in [1.29, 1.82) is 0 Å². The van der Waals surface area contributed by atoms with Gasteiger partial charge in [-0.3, -0.25) is 0 Å². The second-order valence-corrected chi connectivity index (χ2v) is 10.8. The van der Waals surface area contributed by atoms with Crippen LogP contribution in [0.2, 0.25) is 0 Å². The van der Waals surface area contributed by atoms with Crippen LogP contribution in [0.4, 0.5) is 64.1 Å².